The number of nitrogens with zero attached hydrogens (tertiary/aromatic N) is 21. The molecular weight excluding hydrogens is 1680 g/mol. The largest absolute Gasteiger partial charge is 0.450 e. The van der Waals surface area contributed by atoms with E-state index in [1.54, 1.807) is 95.7 Å². The van der Waals surface area contributed by atoms with Crippen LogP contribution in [-0.2, 0) is 38.5 Å². The molecule has 6 amide bonds. The van der Waals surface area contributed by atoms with Gasteiger partial charge in [-0.15, -0.1) is 10.2 Å². The van der Waals surface area contributed by atoms with Gasteiger partial charge in [0, 0.05) is 177 Å². The number of amides is 6. The topological polar surface area (TPSA) is 534 Å². The van der Waals surface area contributed by atoms with Gasteiger partial charge >= 0.3 is 24.2 Å². The van der Waals surface area contributed by atoms with Crippen molar-refractivity contribution in [1.82, 2.24) is 141 Å². The number of nitrogens with two attached hydrogens (primary N) is 1. The number of urea groups is 2. The lowest BCUT2D eigenvalue weighted by Crippen LogP contribution is -2.36. The highest BCUT2D eigenvalue weighted by atomic mass is 19.1. The molecule has 0 aliphatic carbocycles. The standard InChI is InChI=1S/C25H27N7O3.C24H26N8O2.C21H18N10O2.C19H17FN8O/c1-3-35-25(33)31-24-29-21-12-17(11-20(22(21)30-24)23-26-8-4-9-27-23)16-5-6-18(28-13-16)14-32-10-7-19(15-32)34-2;1-2-25-24(33)31-23-29-20-12-16(11-18(22(20)30-23)19-5-3-4-6-26-19)17-13-27-21(28-14-17)15-32-7-9-34-10-8-32;1-2-33-21(32)27-20-25-16-9-13(8-15(18(16)26-20)19-22-6-3-7-23-19)12-4-5-14(24-11-12)10-17-28-30-31-29-17;1-2-22-19(29)28-18-26-14-7-10(11-8-24-17(21)25-9-11)6-12(16(14)27-18)15-13(20)4-3-5-23-15/h4-6,8-9,11-13,19H,3,7,10,14-15H2,1-2H3,(H2,29,30,31,33);3-6,11-14H,2,7-10,15H2,1H3,(H3,25,29,30,31,33);3-9,11H,2,10H2,1H3,(H2,25,26,27,32)(H,28,29,30,31);3-9H,2H2,1H3,(H2,21,24,25)(H3,22,26,27,28,29)/t19-;;;/m1.../s1. The van der Waals surface area contributed by atoms with Crippen LogP contribution in [-0.4, -0.2) is 233 Å². The Morgan fingerprint density at radius 1 is 0.473 bits per heavy atom. The van der Waals surface area contributed by atoms with E-state index < -0.39 is 24.0 Å². The second-order valence-corrected chi connectivity index (χ2v) is 29.4. The third-order valence-corrected chi connectivity index (χ3v) is 20.5. The van der Waals surface area contributed by atoms with Crippen molar-refractivity contribution in [2.75, 3.05) is 99.8 Å². The number of methoxy groups -OCH3 is 1. The van der Waals surface area contributed by atoms with Crippen molar-refractivity contribution in [1.29, 1.82) is 0 Å². The van der Waals surface area contributed by atoms with E-state index in [0.717, 1.165) is 136 Å². The van der Waals surface area contributed by atoms with Crippen LogP contribution in [0, 0.1) is 5.82 Å². The van der Waals surface area contributed by atoms with Crippen molar-refractivity contribution in [2.24, 2.45) is 0 Å². The van der Waals surface area contributed by atoms with Crippen LogP contribution in [0.4, 0.5) is 53.3 Å². The molecule has 2 fully saturated rings. The minimum atomic E-state index is -0.587. The molecule has 13 aromatic heterocycles. The molecule has 41 nitrogen and oxygen atoms in total. The minimum Gasteiger partial charge on any atom is -0.450 e. The number of halogens is 1. The number of fused-ring (bicyclic) bond motifs is 4. The van der Waals surface area contributed by atoms with Crippen molar-refractivity contribution in [3.8, 4) is 89.8 Å². The molecule has 13 N–H and O–H groups in total. The Bertz CT molecular complexity index is 6770. The number of aromatic nitrogens is 24. The van der Waals surface area contributed by atoms with Crippen molar-refractivity contribution in [2.45, 2.75) is 59.7 Å². The van der Waals surface area contributed by atoms with Gasteiger partial charge in [-0.1, -0.05) is 23.4 Å². The molecule has 0 radical (unpaired) electrons. The molecule has 19 rings (SSSR count). The highest BCUT2D eigenvalue weighted by Gasteiger charge is 2.26. The maximum absolute atomic E-state index is 14.5. The Kier molecular flexibility index (Phi) is 28.0. The second kappa shape index (κ2) is 41.7. The molecule has 0 bridgehead atoms. The number of nitrogen functional groups attached to an aromatic ring is 1. The summed E-state index contributed by atoms with van der Waals surface area (Å²) in [5, 5.41) is 29.8. The van der Waals surface area contributed by atoms with Crippen LogP contribution >= 0.6 is 0 Å². The summed E-state index contributed by atoms with van der Waals surface area (Å²) in [5.74, 6) is 3.24. The number of likely N-dealkylation sites (tertiary alicyclic amines) is 1. The van der Waals surface area contributed by atoms with Gasteiger partial charge in [0.25, 0.3) is 0 Å². The number of aromatic amines is 5. The van der Waals surface area contributed by atoms with Crippen LogP contribution < -0.4 is 37.6 Å². The number of tetrazole rings is 1. The number of morpholine rings is 1. The van der Waals surface area contributed by atoms with E-state index in [0.29, 0.717) is 111 Å². The summed E-state index contributed by atoms with van der Waals surface area (Å²) in [4.78, 5) is 135. The first-order chi connectivity index (χ1) is 64.1. The van der Waals surface area contributed by atoms with E-state index in [2.05, 4.69) is 169 Å². The quantitative estimate of drug-likeness (QED) is 0.0283. The monoisotopic (exact) mass is 1770 g/mol. The number of anilines is 5. The Hall–Kier alpha value is -16.6. The number of imidazole rings is 4. The molecular formula is C89H88FN33O8. The average Bonchev–Trinajstić information content (AvgIpc) is 1.63. The highest BCUT2D eigenvalue weighted by Crippen LogP contribution is 2.38. The maximum Gasteiger partial charge on any atom is 0.413 e. The first-order valence-electron chi connectivity index (χ1n) is 41.8. The van der Waals surface area contributed by atoms with E-state index in [1.165, 1.54) is 18.3 Å². The zero-order chi connectivity index (χ0) is 90.5. The first kappa shape index (κ1) is 87.9. The normalized spacial score (nSPS) is 13.1. The fourth-order valence-electron chi connectivity index (χ4n) is 14.4. The molecule has 131 heavy (non-hydrogen) atoms. The van der Waals surface area contributed by atoms with E-state index in [4.69, 9.17) is 29.7 Å². The third-order valence-electron chi connectivity index (χ3n) is 20.5. The fourth-order valence-corrected chi connectivity index (χ4v) is 14.4. The molecule has 0 spiro atoms. The van der Waals surface area contributed by atoms with Gasteiger partial charge in [-0.3, -0.25) is 51.0 Å². The summed E-state index contributed by atoms with van der Waals surface area (Å²) in [6.45, 7) is 15.4. The molecule has 2 aliphatic heterocycles. The lowest BCUT2D eigenvalue weighted by atomic mass is 10.0. The van der Waals surface area contributed by atoms with Crippen LogP contribution in [0.25, 0.3) is 134 Å². The SMILES string of the molecule is CCNC(=O)Nc1nc2c(-c3ccccn3)cc(-c3cnc(CN4CCOCC4)nc3)cc2[nH]1.CCNC(=O)Nc1nc2c(-c3ncccc3F)cc(-c3cnc(N)nc3)cc2[nH]1.CCOC(=O)Nc1nc2c(-c3ncccn3)cc(-c3ccc(CN4CC[C@@H](OC)C4)nc3)cc2[nH]1.CCOC(=O)Nc1nc2c(-c3ncccn3)cc(-c3ccc(Cc4nn[nH]n4)nc3)cc2[nH]1. The summed E-state index contributed by atoms with van der Waals surface area (Å²) >= 11 is 0. The minimum absolute atomic E-state index is 0.145. The summed E-state index contributed by atoms with van der Waals surface area (Å²) in [5.41, 5.74) is 23.3. The Balaban J connectivity index is 0.000000128. The summed E-state index contributed by atoms with van der Waals surface area (Å²) in [7, 11) is 1.77. The van der Waals surface area contributed by atoms with Gasteiger partial charge in [-0.05, 0) is 153 Å². The van der Waals surface area contributed by atoms with Gasteiger partial charge in [-0.25, -0.2) is 83.4 Å². The van der Waals surface area contributed by atoms with Gasteiger partial charge in [-0.2, -0.15) is 5.21 Å². The van der Waals surface area contributed by atoms with Crippen molar-refractivity contribution < 1.29 is 42.5 Å². The van der Waals surface area contributed by atoms with Gasteiger partial charge in [0.1, 0.15) is 33.9 Å². The fraction of sp³-hybridized carbons (Fsp3) is 0.225. The molecule has 0 saturated carbocycles. The lowest BCUT2D eigenvalue weighted by molar-refractivity contribution is 0.0330. The highest BCUT2D eigenvalue weighted by molar-refractivity contribution is 6.02. The average molecular weight is 1770 g/mol. The third kappa shape index (κ3) is 22.1. The van der Waals surface area contributed by atoms with Gasteiger partial charge < -0.3 is 55.3 Å². The Morgan fingerprint density at radius 2 is 0.954 bits per heavy atom. The zero-order valence-corrected chi connectivity index (χ0v) is 71.5. The van der Waals surface area contributed by atoms with Crippen molar-refractivity contribution in [3.05, 3.63) is 218 Å². The van der Waals surface area contributed by atoms with Crippen LogP contribution in [0.1, 0.15) is 57.2 Å². The number of hydrogen-bond acceptors (Lipinski definition) is 30. The second-order valence-electron chi connectivity index (χ2n) is 29.4. The number of carbonyl (C=O) groups excluding carboxylic acids is 4. The lowest BCUT2D eigenvalue weighted by Gasteiger charge is -2.25. The molecule has 2 aliphatic rings. The predicted octanol–water partition coefficient (Wildman–Crippen LogP) is 12.6. The summed E-state index contributed by atoms with van der Waals surface area (Å²) in [6.07, 6.45) is 21.1. The number of carbonyl (C=O) groups is 4. The van der Waals surface area contributed by atoms with Gasteiger partial charge in [0.15, 0.2) is 17.5 Å². The molecule has 15 heterocycles. The number of nitrogens with one attached hydrogen (secondary N) is 11. The molecule has 0 unspecified atom stereocenters. The number of pyridine rings is 4. The Morgan fingerprint density at radius 3 is 1.44 bits per heavy atom. The van der Waals surface area contributed by atoms with E-state index in [-0.39, 0.29) is 42.8 Å². The van der Waals surface area contributed by atoms with Crippen molar-refractivity contribution in [3.63, 3.8) is 0 Å². The number of hydrogen-bond donors (Lipinski definition) is 12. The van der Waals surface area contributed by atoms with Gasteiger partial charge in [0.05, 0.1) is 84.5 Å². The molecule has 664 valence electrons. The molecule has 4 aromatic carbocycles. The van der Waals surface area contributed by atoms with Crippen LogP contribution in [0.5, 0.6) is 0 Å². The van der Waals surface area contributed by atoms with Gasteiger partial charge in [0.2, 0.25) is 29.7 Å². The van der Waals surface area contributed by atoms with Crippen LogP contribution in [0.2, 0.25) is 0 Å². The molecule has 17 aromatic rings. The predicted molar refractivity (Wildman–Crippen MR) is 486 cm³/mol. The summed E-state index contributed by atoms with van der Waals surface area (Å²) in [6, 6.07) is 34.8. The van der Waals surface area contributed by atoms with E-state index >= 15 is 0 Å². The van der Waals surface area contributed by atoms with Crippen molar-refractivity contribution >= 4 is 98.1 Å². The molecule has 2 saturated heterocycles. The smallest absolute Gasteiger partial charge is 0.413 e. The number of benzene rings is 4. The summed E-state index contributed by atoms with van der Waals surface area (Å²) < 4.78 is 35.3. The number of ether oxygens (including phenoxy) is 4. The number of rotatable bonds is 23. The van der Waals surface area contributed by atoms with Crippen LogP contribution in [0.3, 0.4) is 0 Å². The molecule has 1 atom stereocenters. The van der Waals surface area contributed by atoms with E-state index in [9.17, 15) is 23.6 Å². The zero-order valence-electron chi connectivity index (χ0n) is 71.5. The Labute approximate surface area is 745 Å². The molecule has 42 heteroatoms. The van der Waals surface area contributed by atoms with Crippen LogP contribution in [0.15, 0.2) is 190 Å². The van der Waals surface area contributed by atoms with E-state index in [1.807, 2.05) is 98.3 Å². The number of H-pyrrole nitrogens is 5. The first-order valence-corrected chi connectivity index (χ1v) is 41.8. The maximum atomic E-state index is 14.5.